The van der Waals surface area contributed by atoms with Crippen molar-refractivity contribution in [1.29, 1.82) is 0 Å². The Morgan fingerprint density at radius 1 is 1.06 bits per heavy atom. The summed E-state index contributed by atoms with van der Waals surface area (Å²) in [5.41, 5.74) is 3.67. The van der Waals surface area contributed by atoms with Crippen molar-refractivity contribution in [3.05, 3.63) is 70.2 Å². The average molecular weight is 466 g/mol. The number of amides is 1. The molecule has 1 amide bonds. The highest BCUT2D eigenvalue weighted by molar-refractivity contribution is 7.20. The molecular weight excluding hydrogens is 442 g/mol. The number of piperazine rings is 1. The van der Waals surface area contributed by atoms with Crippen molar-refractivity contribution < 1.29 is 4.79 Å². The molecule has 6 nitrogen and oxygen atoms in total. The van der Waals surface area contributed by atoms with Crippen LogP contribution in [0.25, 0.3) is 15.9 Å². The van der Waals surface area contributed by atoms with E-state index in [1.54, 1.807) is 0 Å². The molecule has 0 spiro atoms. The Kier molecular flexibility index (Phi) is 5.63. The van der Waals surface area contributed by atoms with Gasteiger partial charge in [0.15, 0.2) is 0 Å². The number of aromatic nitrogens is 2. The minimum absolute atomic E-state index is 0.107. The summed E-state index contributed by atoms with van der Waals surface area (Å²) >= 11 is 7.62. The van der Waals surface area contributed by atoms with Crippen LogP contribution >= 0.6 is 22.9 Å². The van der Waals surface area contributed by atoms with Crippen LogP contribution in [0.1, 0.15) is 15.4 Å². The van der Waals surface area contributed by atoms with Crippen LogP contribution in [0.3, 0.4) is 0 Å². The van der Waals surface area contributed by atoms with Gasteiger partial charge in [-0.3, -0.25) is 4.79 Å². The first-order chi connectivity index (χ1) is 15.5. The second kappa shape index (κ2) is 8.58. The minimum Gasteiger partial charge on any atom is -0.367 e. The van der Waals surface area contributed by atoms with Gasteiger partial charge < -0.3 is 15.1 Å². The first kappa shape index (κ1) is 21.0. The molecule has 32 heavy (non-hydrogen) atoms. The van der Waals surface area contributed by atoms with Gasteiger partial charge in [0.05, 0.1) is 27.6 Å². The molecule has 0 bridgehead atoms. The SMILES string of the molecule is Cc1nn(-c2cccc(Cl)c2)c2sc(C(=O)Nc3ccccc3N3CCN(C)CC3)cc12. The van der Waals surface area contributed by atoms with E-state index >= 15 is 0 Å². The zero-order valence-electron chi connectivity index (χ0n) is 18.0. The second-order valence-electron chi connectivity index (χ2n) is 8.07. The summed E-state index contributed by atoms with van der Waals surface area (Å²) in [5, 5.41) is 9.42. The van der Waals surface area contributed by atoms with Crippen molar-refractivity contribution >= 4 is 50.4 Å². The Bertz CT molecular complexity index is 1290. The number of para-hydroxylation sites is 2. The second-order valence-corrected chi connectivity index (χ2v) is 9.54. The highest BCUT2D eigenvalue weighted by Gasteiger charge is 2.20. The average Bonchev–Trinajstić information content (AvgIpc) is 3.36. The van der Waals surface area contributed by atoms with Crippen LogP contribution in [-0.2, 0) is 0 Å². The maximum Gasteiger partial charge on any atom is 0.265 e. The lowest BCUT2D eigenvalue weighted by Crippen LogP contribution is -2.44. The number of thiophene rings is 1. The van der Waals surface area contributed by atoms with E-state index in [1.807, 2.05) is 60.1 Å². The topological polar surface area (TPSA) is 53.4 Å². The summed E-state index contributed by atoms with van der Waals surface area (Å²) < 4.78 is 1.86. The number of benzene rings is 2. The van der Waals surface area contributed by atoms with Gasteiger partial charge in [0.1, 0.15) is 4.83 Å². The monoisotopic (exact) mass is 465 g/mol. The molecule has 1 aliphatic rings. The molecule has 2 aromatic carbocycles. The maximum absolute atomic E-state index is 13.2. The Morgan fingerprint density at radius 2 is 1.84 bits per heavy atom. The Hall–Kier alpha value is -2.87. The molecule has 164 valence electrons. The summed E-state index contributed by atoms with van der Waals surface area (Å²) in [5.74, 6) is -0.107. The molecular formula is C24H24ClN5OS. The number of carbonyl (C=O) groups is 1. The number of halogens is 1. The zero-order chi connectivity index (χ0) is 22.2. The van der Waals surface area contributed by atoms with E-state index in [-0.39, 0.29) is 5.91 Å². The predicted octanol–water partition coefficient (Wildman–Crippen LogP) is 5.05. The number of anilines is 2. The summed E-state index contributed by atoms with van der Waals surface area (Å²) in [6.45, 7) is 5.87. The lowest BCUT2D eigenvalue weighted by molar-refractivity contribution is 0.103. The van der Waals surface area contributed by atoms with Gasteiger partial charge in [-0.15, -0.1) is 11.3 Å². The van der Waals surface area contributed by atoms with E-state index in [0.717, 1.165) is 59.2 Å². The predicted molar refractivity (Wildman–Crippen MR) is 133 cm³/mol. The lowest BCUT2D eigenvalue weighted by atomic mass is 10.2. The number of fused-ring (bicyclic) bond motifs is 1. The molecule has 1 saturated heterocycles. The molecule has 0 saturated carbocycles. The van der Waals surface area contributed by atoms with Gasteiger partial charge in [-0.1, -0.05) is 29.8 Å². The van der Waals surface area contributed by atoms with Gasteiger partial charge >= 0.3 is 0 Å². The molecule has 1 aliphatic heterocycles. The lowest BCUT2D eigenvalue weighted by Gasteiger charge is -2.35. The van der Waals surface area contributed by atoms with Crippen LogP contribution in [0.4, 0.5) is 11.4 Å². The summed E-state index contributed by atoms with van der Waals surface area (Å²) in [6, 6.07) is 17.5. The summed E-state index contributed by atoms with van der Waals surface area (Å²) in [6.07, 6.45) is 0. The number of nitrogens with zero attached hydrogens (tertiary/aromatic N) is 4. The highest BCUT2D eigenvalue weighted by atomic mass is 35.5. The molecule has 1 N–H and O–H groups in total. The number of hydrogen-bond donors (Lipinski definition) is 1. The van der Waals surface area contributed by atoms with Crippen molar-refractivity contribution in [1.82, 2.24) is 14.7 Å². The van der Waals surface area contributed by atoms with Gasteiger partial charge in [-0.05, 0) is 50.4 Å². The van der Waals surface area contributed by atoms with E-state index in [2.05, 4.69) is 33.3 Å². The van der Waals surface area contributed by atoms with Gasteiger partial charge in [0.25, 0.3) is 5.91 Å². The minimum atomic E-state index is -0.107. The third-order valence-electron chi connectivity index (χ3n) is 5.82. The molecule has 3 heterocycles. The normalized spacial score (nSPS) is 14.8. The van der Waals surface area contributed by atoms with Crippen molar-refractivity contribution in [2.24, 2.45) is 0 Å². The van der Waals surface area contributed by atoms with Crippen LogP contribution < -0.4 is 10.2 Å². The number of likely N-dealkylation sites (N-methyl/N-ethyl adjacent to an activating group) is 1. The van der Waals surface area contributed by atoms with Gasteiger partial charge in [0, 0.05) is 36.6 Å². The molecule has 0 aliphatic carbocycles. The third-order valence-corrected chi connectivity index (χ3v) is 7.16. The quantitative estimate of drug-likeness (QED) is 0.458. The number of rotatable bonds is 4. The van der Waals surface area contributed by atoms with Crippen molar-refractivity contribution in [3.63, 3.8) is 0 Å². The van der Waals surface area contributed by atoms with Crippen LogP contribution in [0.2, 0.25) is 5.02 Å². The van der Waals surface area contributed by atoms with Crippen LogP contribution in [0.15, 0.2) is 54.6 Å². The first-order valence-electron chi connectivity index (χ1n) is 10.6. The molecule has 0 atom stereocenters. The van der Waals surface area contributed by atoms with Crippen LogP contribution in [0, 0.1) is 6.92 Å². The third kappa shape index (κ3) is 3.99. The van der Waals surface area contributed by atoms with Crippen molar-refractivity contribution in [3.8, 4) is 5.69 Å². The number of nitrogens with one attached hydrogen (secondary N) is 1. The first-order valence-corrected chi connectivity index (χ1v) is 11.8. The summed E-state index contributed by atoms with van der Waals surface area (Å²) in [7, 11) is 2.14. The number of hydrogen-bond acceptors (Lipinski definition) is 5. The summed E-state index contributed by atoms with van der Waals surface area (Å²) in [4.78, 5) is 19.4. The molecule has 2 aromatic heterocycles. The Balaban J connectivity index is 1.44. The Morgan fingerprint density at radius 3 is 2.62 bits per heavy atom. The van der Waals surface area contributed by atoms with E-state index in [0.29, 0.717) is 9.90 Å². The fraction of sp³-hybridized carbons (Fsp3) is 0.250. The van der Waals surface area contributed by atoms with Crippen LogP contribution in [-0.4, -0.2) is 53.8 Å². The van der Waals surface area contributed by atoms with E-state index in [4.69, 9.17) is 11.6 Å². The number of aryl methyl sites for hydroxylation is 1. The molecule has 0 unspecified atom stereocenters. The molecule has 8 heteroatoms. The fourth-order valence-electron chi connectivity index (χ4n) is 4.03. The largest absolute Gasteiger partial charge is 0.367 e. The standard InChI is InChI=1S/C24H24ClN5OS/c1-16-19-15-22(32-24(19)30(27-16)18-7-5-6-17(25)14-18)23(31)26-20-8-3-4-9-21(20)29-12-10-28(2)11-13-29/h3-9,14-15H,10-13H2,1-2H3,(H,26,31). The van der Waals surface area contributed by atoms with Gasteiger partial charge in [-0.2, -0.15) is 5.10 Å². The number of carbonyl (C=O) groups excluding carboxylic acids is 1. The fourth-order valence-corrected chi connectivity index (χ4v) is 5.29. The smallest absolute Gasteiger partial charge is 0.265 e. The van der Waals surface area contributed by atoms with E-state index in [9.17, 15) is 4.79 Å². The van der Waals surface area contributed by atoms with E-state index in [1.165, 1.54) is 11.3 Å². The van der Waals surface area contributed by atoms with Crippen molar-refractivity contribution in [2.75, 3.05) is 43.4 Å². The molecule has 4 aromatic rings. The zero-order valence-corrected chi connectivity index (χ0v) is 19.6. The van der Waals surface area contributed by atoms with Crippen molar-refractivity contribution in [2.45, 2.75) is 6.92 Å². The Labute approximate surface area is 196 Å². The highest BCUT2D eigenvalue weighted by Crippen LogP contribution is 2.33. The molecule has 5 rings (SSSR count). The molecule has 1 fully saturated rings. The maximum atomic E-state index is 13.2. The van der Waals surface area contributed by atoms with Gasteiger partial charge in [-0.25, -0.2) is 4.68 Å². The van der Waals surface area contributed by atoms with E-state index < -0.39 is 0 Å². The van der Waals surface area contributed by atoms with Crippen LogP contribution in [0.5, 0.6) is 0 Å². The molecule has 0 radical (unpaired) electrons. The van der Waals surface area contributed by atoms with Gasteiger partial charge in [0.2, 0.25) is 0 Å².